The van der Waals surface area contributed by atoms with Gasteiger partial charge in [-0.25, -0.2) is 8.78 Å². The Kier molecular flexibility index (Phi) is 5.73. The van der Waals surface area contributed by atoms with Gasteiger partial charge in [0, 0.05) is 11.6 Å². The van der Waals surface area contributed by atoms with Gasteiger partial charge in [0.25, 0.3) is 0 Å². The van der Waals surface area contributed by atoms with E-state index in [1.54, 1.807) is 0 Å². The van der Waals surface area contributed by atoms with E-state index in [1.165, 1.54) is 12.1 Å². The van der Waals surface area contributed by atoms with Gasteiger partial charge in [-0.3, -0.25) is 4.90 Å². The van der Waals surface area contributed by atoms with Crippen molar-refractivity contribution in [1.29, 1.82) is 5.26 Å². The summed E-state index contributed by atoms with van der Waals surface area (Å²) in [7, 11) is 0. The molecule has 98 valence electrons. The van der Waals surface area contributed by atoms with Gasteiger partial charge >= 0.3 is 0 Å². The summed E-state index contributed by atoms with van der Waals surface area (Å²) in [5, 5.41) is 9.24. The van der Waals surface area contributed by atoms with Crippen molar-refractivity contribution in [3.05, 3.63) is 35.4 Å². The molecular formula is C14H18F2N2. The predicted molar refractivity (Wildman–Crippen MR) is 66.9 cm³/mol. The lowest BCUT2D eigenvalue weighted by Gasteiger charge is -2.26. The minimum atomic E-state index is -0.654. The molecule has 0 aliphatic carbocycles. The third-order valence-electron chi connectivity index (χ3n) is 2.77. The molecule has 1 atom stereocenters. The van der Waals surface area contributed by atoms with Crippen LogP contribution in [0.4, 0.5) is 8.78 Å². The van der Waals surface area contributed by atoms with Crippen LogP contribution in [0.1, 0.15) is 38.3 Å². The Morgan fingerprint density at radius 1 is 1.22 bits per heavy atom. The Balaban J connectivity index is 3.03. The summed E-state index contributed by atoms with van der Waals surface area (Å²) in [5.41, 5.74) is 0.251. The zero-order chi connectivity index (χ0) is 13.5. The third kappa shape index (κ3) is 3.51. The van der Waals surface area contributed by atoms with Crippen LogP contribution in [-0.4, -0.2) is 18.0 Å². The third-order valence-corrected chi connectivity index (χ3v) is 2.77. The number of hydrogen-bond acceptors (Lipinski definition) is 2. The van der Waals surface area contributed by atoms with Crippen LogP contribution in [0.5, 0.6) is 0 Å². The zero-order valence-corrected chi connectivity index (χ0v) is 10.8. The fourth-order valence-electron chi connectivity index (χ4n) is 2.02. The van der Waals surface area contributed by atoms with Crippen LogP contribution >= 0.6 is 0 Å². The van der Waals surface area contributed by atoms with Crippen LogP contribution in [0.25, 0.3) is 0 Å². The Hall–Kier alpha value is -1.47. The van der Waals surface area contributed by atoms with E-state index in [-0.39, 0.29) is 5.56 Å². The van der Waals surface area contributed by atoms with E-state index in [0.717, 1.165) is 32.0 Å². The molecular weight excluding hydrogens is 234 g/mol. The SMILES string of the molecule is CCCN(CCC)C(C#N)c1ccc(F)cc1F. The van der Waals surface area contributed by atoms with Crippen molar-refractivity contribution < 1.29 is 8.78 Å². The molecule has 4 heteroatoms. The highest BCUT2D eigenvalue weighted by Crippen LogP contribution is 2.24. The average molecular weight is 252 g/mol. The average Bonchev–Trinajstić information content (AvgIpc) is 2.33. The largest absolute Gasteiger partial charge is 0.284 e. The maximum atomic E-state index is 13.7. The van der Waals surface area contributed by atoms with Gasteiger partial charge in [-0.05, 0) is 32.0 Å². The van der Waals surface area contributed by atoms with Gasteiger partial charge in [0.1, 0.15) is 17.7 Å². The Labute approximate surface area is 107 Å². The molecule has 0 bridgehead atoms. The zero-order valence-electron chi connectivity index (χ0n) is 10.8. The smallest absolute Gasteiger partial charge is 0.131 e. The Bertz CT molecular complexity index is 420. The number of nitriles is 1. The van der Waals surface area contributed by atoms with Crippen LogP contribution in [0.2, 0.25) is 0 Å². The van der Waals surface area contributed by atoms with Crippen LogP contribution in [0, 0.1) is 23.0 Å². The van der Waals surface area contributed by atoms with E-state index in [0.29, 0.717) is 0 Å². The maximum absolute atomic E-state index is 13.7. The highest BCUT2D eigenvalue weighted by atomic mass is 19.1. The molecule has 0 aliphatic heterocycles. The molecule has 18 heavy (non-hydrogen) atoms. The van der Waals surface area contributed by atoms with Gasteiger partial charge in [-0.15, -0.1) is 0 Å². The lowest BCUT2D eigenvalue weighted by atomic mass is 10.0. The minimum Gasteiger partial charge on any atom is -0.284 e. The monoisotopic (exact) mass is 252 g/mol. The first kappa shape index (κ1) is 14.6. The van der Waals surface area contributed by atoms with Crippen molar-refractivity contribution in [3.8, 4) is 6.07 Å². The van der Waals surface area contributed by atoms with Crippen LogP contribution < -0.4 is 0 Å². The molecule has 1 aromatic rings. The van der Waals surface area contributed by atoms with Crippen molar-refractivity contribution in [3.63, 3.8) is 0 Å². The molecule has 0 aromatic heterocycles. The van der Waals surface area contributed by atoms with E-state index in [1.807, 2.05) is 18.7 Å². The molecule has 0 fully saturated rings. The summed E-state index contributed by atoms with van der Waals surface area (Å²) in [6.45, 7) is 5.47. The second-order valence-corrected chi connectivity index (χ2v) is 4.23. The molecule has 0 saturated heterocycles. The number of benzene rings is 1. The molecule has 1 unspecified atom stereocenters. The fraction of sp³-hybridized carbons (Fsp3) is 0.500. The predicted octanol–water partition coefficient (Wildman–Crippen LogP) is 3.65. The van der Waals surface area contributed by atoms with Crippen molar-refractivity contribution in [2.75, 3.05) is 13.1 Å². The maximum Gasteiger partial charge on any atom is 0.131 e. The van der Waals surface area contributed by atoms with Gasteiger partial charge in [0.2, 0.25) is 0 Å². The second kappa shape index (κ2) is 7.07. The van der Waals surface area contributed by atoms with E-state index in [9.17, 15) is 14.0 Å². The summed E-state index contributed by atoms with van der Waals surface area (Å²) in [4.78, 5) is 1.93. The first-order chi connectivity index (χ1) is 8.63. The molecule has 0 N–H and O–H groups in total. The van der Waals surface area contributed by atoms with Crippen molar-refractivity contribution in [2.24, 2.45) is 0 Å². The minimum absolute atomic E-state index is 0.251. The van der Waals surface area contributed by atoms with Gasteiger partial charge < -0.3 is 0 Å². The van der Waals surface area contributed by atoms with Crippen molar-refractivity contribution in [1.82, 2.24) is 4.90 Å². The Morgan fingerprint density at radius 2 is 1.83 bits per heavy atom. The number of nitrogens with zero attached hydrogens (tertiary/aromatic N) is 2. The molecule has 0 radical (unpaired) electrons. The summed E-state index contributed by atoms with van der Waals surface area (Å²) >= 11 is 0. The lowest BCUT2D eigenvalue weighted by Crippen LogP contribution is -2.30. The molecule has 0 aliphatic rings. The summed E-state index contributed by atoms with van der Waals surface area (Å²) in [6, 6.07) is 4.84. The van der Waals surface area contributed by atoms with E-state index < -0.39 is 17.7 Å². The molecule has 1 rings (SSSR count). The molecule has 1 aromatic carbocycles. The first-order valence-corrected chi connectivity index (χ1v) is 6.22. The van der Waals surface area contributed by atoms with E-state index in [4.69, 9.17) is 0 Å². The number of hydrogen-bond donors (Lipinski definition) is 0. The number of rotatable bonds is 6. The van der Waals surface area contributed by atoms with Crippen molar-refractivity contribution >= 4 is 0 Å². The van der Waals surface area contributed by atoms with Gasteiger partial charge in [0.15, 0.2) is 0 Å². The molecule has 2 nitrogen and oxygen atoms in total. The summed E-state index contributed by atoms with van der Waals surface area (Å²) in [6.07, 6.45) is 1.78. The van der Waals surface area contributed by atoms with Crippen LogP contribution in [0.3, 0.4) is 0 Å². The Morgan fingerprint density at radius 3 is 2.28 bits per heavy atom. The topological polar surface area (TPSA) is 27.0 Å². The normalized spacial score (nSPS) is 12.4. The standard InChI is InChI=1S/C14H18F2N2/c1-3-7-18(8-4-2)14(10-17)12-6-5-11(15)9-13(12)16/h5-6,9,14H,3-4,7-8H2,1-2H3. The van der Waals surface area contributed by atoms with E-state index in [2.05, 4.69) is 6.07 Å². The number of halogens is 2. The molecule has 0 amide bonds. The highest BCUT2D eigenvalue weighted by molar-refractivity contribution is 5.26. The molecule has 0 spiro atoms. The first-order valence-electron chi connectivity index (χ1n) is 6.22. The van der Waals surface area contributed by atoms with Crippen molar-refractivity contribution in [2.45, 2.75) is 32.7 Å². The van der Waals surface area contributed by atoms with Crippen LogP contribution in [0.15, 0.2) is 18.2 Å². The molecule has 0 saturated carbocycles. The summed E-state index contributed by atoms with van der Waals surface area (Å²) in [5.74, 6) is -1.27. The van der Waals surface area contributed by atoms with Gasteiger partial charge in [-0.1, -0.05) is 19.9 Å². The van der Waals surface area contributed by atoms with Gasteiger partial charge in [-0.2, -0.15) is 5.26 Å². The van der Waals surface area contributed by atoms with Gasteiger partial charge in [0.05, 0.1) is 6.07 Å². The quantitative estimate of drug-likeness (QED) is 0.772. The van der Waals surface area contributed by atoms with Crippen LogP contribution in [-0.2, 0) is 0 Å². The van der Waals surface area contributed by atoms with E-state index >= 15 is 0 Å². The second-order valence-electron chi connectivity index (χ2n) is 4.23. The fourth-order valence-corrected chi connectivity index (χ4v) is 2.02. The lowest BCUT2D eigenvalue weighted by molar-refractivity contribution is 0.232. The molecule has 0 heterocycles. The highest BCUT2D eigenvalue weighted by Gasteiger charge is 2.22. The summed E-state index contributed by atoms with van der Waals surface area (Å²) < 4.78 is 26.6.